The van der Waals surface area contributed by atoms with Crippen LogP contribution in [0.1, 0.15) is 13.8 Å². The molecular formula is C13H16BrN3O2. The molecule has 2 rings (SSSR count). The highest BCUT2D eigenvalue weighted by Crippen LogP contribution is 2.29. The van der Waals surface area contributed by atoms with Crippen LogP contribution in [0.5, 0.6) is 5.75 Å². The summed E-state index contributed by atoms with van der Waals surface area (Å²) in [5.74, 6) is 1.84. The second-order valence-electron chi connectivity index (χ2n) is 4.55. The van der Waals surface area contributed by atoms with E-state index in [1.54, 1.807) is 7.11 Å². The monoisotopic (exact) mass is 325 g/mol. The molecule has 0 fully saturated rings. The number of nitrogens with one attached hydrogen (secondary N) is 1. The van der Waals surface area contributed by atoms with Crippen molar-refractivity contribution in [1.82, 2.24) is 10.1 Å². The molecule has 0 radical (unpaired) electrons. The summed E-state index contributed by atoms with van der Waals surface area (Å²) >= 11 is 3.43. The smallest absolute Gasteiger partial charge is 0.321 e. The molecule has 19 heavy (non-hydrogen) atoms. The molecule has 0 saturated carbocycles. The first kappa shape index (κ1) is 13.9. The SMILES string of the molecule is COc1ccc(-c2noc(NCC(C)C)n2)cc1Br. The lowest BCUT2D eigenvalue weighted by Gasteiger charge is -2.03. The number of anilines is 1. The molecule has 0 spiro atoms. The molecule has 0 saturated heterocycles. The summed E-state index contributed by atoms with van der Waals surface area (Å²) in [6.07, 6.45) is 0. The van der Waals surface area contributed by atoms with Gasteiger partial charge in [-0.3, -0.25) is 0 Å². The molecule has 0 aliphatic rings. The number of hydrogen-bond acceptors (Lipinski definition) is 5. The summed E-state index contributed by atoms with van der Waals surface area (Å²) in [5, 5.41) is 7.05. The van der Waals surface area contributed by atoms with Crippen molar-refractivity contribution in [3.63, 3.8) is 0 Å². The minimum Gasteiger partial charge on any atom is -0.496 e. The predicted octanol–water partition coefficient (Wildman–Crippen LogP) is 3.58. The van der Waals surface area contributed by atoms with Crippen molar-refractivity contribution in [2.24, 2.45) is 5.92 Å². The van der Waals surface area contributed by atoms with E-state index >= 15 is 0 Å². The van der Waals surface area contributed by atoms with E-state index in [0.717, 1.165) is 22.3 Å². The molecule has 1 aromatic heterocycles. The van der Waals surface area contributed by atoms with Gasteiger partial charge >= 0.3 is 6.01 Å². The molecule has 5 nitrogen and oxygen atoms in total. The Hall–Kier alpha value is -1.56. The van der Waals surface area contributed by atoms with Crippen molar-refractivity contribution < 1.29 is 9.26 Å². The Bertz CT molecular complexity index is 555. The average Bonchev–Trinajstić information content (AvgIpc) is 2.85. The fourth-order valence-electron chi connectivity index (χ4n) is 1.51. The zero-order valence-electron chi connectivity index (χ0n) is 11.1. The van der Waals surface area contributed by atoms with Crippen molar-refractivity contribution in [2.45, 2.75) is 13.8 Å². The van der Waals surface area contributed by atoms with Gasteiger partial charge in [0.2, 0.25) is 5.82 Å². The number of ether oxygens (including phenoxy) is 1. The quantitative estimate of drug-likeness (QED) is 0.910. The molecular weight excluding hydrogens is 310 g/mol. The summed E-state index contributed by atoms with van der Waals surface area (Å²) in [5.41, 5.74) is 0.869. The number of rotatable bonds is 5. The van der Waals surface area contributed by atoms with Gasteiger partial charge in [0.05, 0.1) is 11.6 Å². The van der Waals surface area contributed by atoms with Crippen LogP contribution in [0.25, 0.3) is 11.4 Å². The lowest BCUT2D eigenvalue weighted by atomic mass is 10.2. The van der Waals surface area contributed by atoms with E-state index in [-0.39, 0.29) is 0 Å². The minimum atomic E-state index is 0.440. The van der Waals surface area contributed by atoms with Crippen LogP contribution >= 0.6 is 15.9 Å². The van der Waals surface area contributed by atoms with Crippen LogP contribution in [0.2, 0.25) is 0 Å². The average molecular weight is 326 g/mol. The summed E-state index contributed by atoms with van der Waals surface area (Å²) in [7, 11) is 1.63. The standard InChI is InChI=1S/C13H16BrN3O2/c1-8(2)7-15-13-16-12(17-19-13)9-4-5-11(18-3)10(14)6-9/h4-6,8H,7H2,1-3H3,(H,15,16,17). The van der Waals surface area contributed by atoms with Crippen LogP contribution in [0, 0.1) is 5.92 Å². The second-order valence-corrected chi connectivity index (χ2v) is 5.40. The molecule has 0 aliphatic carbocycles. The predicted molar refractivity (Wildman–Crippen MR) is 77.3 cm³/mol. The van der Waals surface area contributed by atoms with Crippen molar-refractivity contribution in [3.8, 4) is 17.1 Å². The highest BCUT2D eigenvalue weighted by molar-refractivity contribution is 9.10. The van der Waals surface area contributed by atoms with Crippen molar-refractivity contribution in [1.29, 1.82) is 0 Å². The number of nitrogens with zero attached hydrogens (tertiary/aromatic N) is 2. The molecule has 0 amide bonds. The largest absolute Gasteiger partial charge is 0.496 e. The van der Waals surface area contributed by atoms with Crippen LogP contribution in [-0.4, -0.2) is 23.8 Å². The summed E-state index contributed by atoms with van der Waals surface area (Å²) in [6.45, 7) is 5.03. The van der Waals surface area contributed by atoms with Gasteiger partial charge in [-0.2, -0.15) is 4.98 Å². The maximum atomic E-state index is 5.18. The molecule has 0 bridgehead atoms. The van der Waals surface area contributed by atoms with Gasteiger partial charge in [0.15, 0.2) is 0 Å². The minimum absolute atomic E-state index is 0.440. The number of aromatic nitrogens is 2. The fourth-order valence-corrected chi connectivity index (χ4v) is 2.05. The molecule has 0 aliphatic heterocycles. The zero-order valence-corrected chi connectivity index (χ0v) is 12.7. The van der Waals surface area contributed by atoms with Gasteiger partial charge in [-0.1, -0.05) is 19.0 Å². The van der Waals surface area contributed by atoms with E-state index in [1.807, 2.05) is 18.2 Å². The van der Waals surface area contributed by atoms with Crippen LogP contribution in [0.15, 0.2) is 27.2 Å². The second kappa shape index (κ2) is 6.06. The number of hydrogen-bond donors (Lipinski definition) is 1. The first-order chi connectivity index (χ1) is 9.10. The molecule has 2 aromatic rings. The maximum absolute atomic E-state index is 5.18. The topological polar surface area (TPSA) is 60.2 Å². The normalized spacial score (nSPS) is 10.8. The first-order valence-corrected chi connectivity index (χ1v) is 6.81. The Labute approximate surface area is 120 Å². The third-order valence-electron chi connectivity index (χ3n) is 2.50. The molecule has 1 aromatic carbocycles. The summed E-state index contributed by atoms with van der Waals surface area (Å²) < 4.78 is 11.2. The first-order valence-electron chi connectivity index (χ1n) is 6.01. The number of halogens is 1. The third kappa shape index (κ3) is 3.47. The lowest BCUT2D eigenvalue weighted by molar-refractivity contribution is 0.412. The maximum Gasteiger partial charge on any atom is 0.321 e. The highest BCUT2D eigenvalue weighted by atomic mass is 79.9. The fraction of sp³-hybridized carbons (Fsp3) is 0.385. The third-order valence-corrected chi connectivity index (χ3v) is 3.12. The van der Waals surface area contributed by atoms with E-state index in [0.29, 0.717) is 17.8 Å². The highest BCUT2D eigenvalue weighted by Gasteiger charge is 2.10. The summed E-state index contributed by atoms with van der Waals surface area (Å²) in [6, 6.07) is 6.09. The molecule has 1 N–H and O–H groups in total. The van der Waals surface area contributed by atoms with Crippen LogP contribution in [0.4, 0.5) is 6.01 Å². The van der Waals surface area contributed by atoms with E-state index in [9.17, 15) is 0 Å². The van der Waals surface area contributed by atoms with Gasteiger partial charge in [-0.25, -0.2) is 0 Å². The van der Waals surface area contributed by atoms with E-state index < -0.39 is 0 Å². The van der Waals surface area contributed by atoms with Crippen molar-refractivity contribution in [3.05, 3.63) is 22.7 Å². The van der Waals surface area contributed by atoms with Gasteiger partial charge < -0.3 is 14.6 Å². The Morgan fingerprint density at radius 1 is 1.42 bits per heavy atom. The molecule has 0 unspecified atom stereocenters. The van der Waals surface area contributed by atoms with E-state index in [4.69, 9.17) is 9.26 Å². The molecule has 1 heterocycles. The Balaban J connectivity index is 2.16. The Morgan fingerprint density at radius 2 is 2.21 bits per heavy atom. The van der Waals surface area contributed by atoms with Crippen molar-refractivity contribution in [2.75, 3.05) is 19.0 Å². The van der Waals surface area contributed by atoms with Crippen LogP contribution in [-0.2, 0) is 0 Å². The molecule has 0 atom stereocenters. The Morgan fingerprint density at radius 3 is 2.84 bits per heavy atom. The van der Waals surface area contributed by atoms with E-state index in [1.165, 1.54) is 0 Å². The van der Waals surface area contributed by atoms with Gasteiger partial charge in [-0.15, -0.1) is 0 Å². The number of methoxy groups -OCH3 is 1. The van der Waals surface area contributed by atoms with Gasteiger partial charge in [0.1, 0.15) is 5.75 Å². The van der Waals surface area contributed by atoms with E-state index in [2.05, 4.69) is 45.2 Å². The lowest BCUT2D eigenvalue weighted by Crippen LogP contribution is -2.07. The van der Waals surface area contributed by atoms with Crippen LogP contribution in [0.3, 0.4) is 0 Å². The summed E-state index contributed by atoms with van der Waals surface area (Å²) in [4.78, 5) is 4.30. The Kier molecular flexibility index (Phi) is 4.42. The van der Waals surface area contributed by atoms with Gasteiger partial charge in [0.25, 0.3) is 0 Å². The van der Waals surface area contributed by atoms with Crippen molar-refractivity contribution >= 4 is 21.9 Å². The zero-order chi connectivity index (χ0) is 13.8. The van der Waals surface area contributed by atoms with Gasteiger partial charge in [-0.05, 0) is 40.0 Å². The molecule has 6 heteroatoms. The van der Waals surface area contributed by atoms with Crippen LogP contribution < -0.4 is 10.1 Å². The number of benzene rings is 1. The molecule has 102 valence electrons. The van der Waals surface area contributed by atoms with Gasteiger partial charge in [0, 0.05) is 12.1 Å².